The fourth-order valence-electron chi connectivity index (χ4n) is 2.40. The molecule has 1 heterocycles. The predicted octanol–water partition coefficient (Wildman–Crippen LogP) is 2.47. The molecule has 2 rings (SSSR count). The Balaban J connectivity index is 2.32. The molecule has 0 fully saturated rings. The van der Waals surface area contributed by atoms with Crippen LogP contribution in [0.1, 0.15) is 37.7 Å². The standard InChI is InChI=1S/C18H26N4O2/c1-5-11-24-15-12-22(14-9-7-6-8-10-14)20-16(15)17(23)21(4)13-18(2,3)19/h6-10,12H,5,11,13,19H2,1-4H3. The molecule has 0 radical (unpaired) electrons. The van der Waals surface area contributed by atoms with Crippen molar-refractivity contribution in [1.82, 2.24) is 14.7 Å². The fraction of sp³-hybridized carbons (Fsp3) is 0.444. The van der Waals surface area contributed by atoms with Gasteiger partial charge < -0.3 is 15.4 Å². The molecule has 0 unspecified atom stereocenters. The highest BCUT2D eigenvalue weighted by Gasteiger charge is 2.25. The molecule has 6 heteroatoms. The van der Waals surface area contributed by atoms with Gasteiger partial charge in [-0.05, 0) is 32.4 Å². The van der Waals surface area contributed by atoms with Gasteiger partial charge in [-0.2, -0.15) is 5.10 Å². The van der Waals surface area contributed by atoms with Crippen LogP contribution in [0, 0.1) is 0 Å². The molecule has 0 atom stereocenters. The molecule has 6 nitrogen and oxygen atoms in total. The molecule has 130 valence electrons. The summed E-state index contributed by atoms with van der Waals surface area (Å²) in [5, 5.41) is 4.44. The van der Waals surface area contributed by atoms with Gasteiger partial charge in [0.2, 0.25) is 0 Å². The molecule has 0 aliphatic rings. The second-order valence-electron chi connectivity index (χ2n) is 6.62. The van der Waals surface area contributed by atoms with E-state index in [1.54, 1.807) is 22.8 Å². The number of para-hydroxylation sites is 1. The monoisotopic (exact) mass is 330 g/mol. The van der Waals surface area contributed by atoms with Gasteiger partial charge in [0.25, 0.3) is 5.91 Å². The summed E-state index contributed by atoms with van der Waals surface area (Å²) in [6.45, 7) is 6.75. The summed E-state index contributed by atoms with van der Waals surface area (Å²) >= 11 is 0. The molecule has 24 heavy (non-hydrogen) atoms. The van der Waals surface area contributed by atoms with Gasteiger partial charge in [0.05, 0.1) is 18.5 Å². The zero-order valence-corrected chi connectivity index (χ0v) is 14.8. The van der Waals surface area contributed by atoms with Gasteiger partial charge in [0.15, 0.2) is 11.4 Å². The van der Waals surface area contributed by atoms with Crippen molar-refractivity contribution >= 4 is 5.91 Å². The second-order valence-corrected chi connectivity index (χ2v) is 6.62. The van der Waals surface area contributed by atoms with Gasteiger partial charge >= 0.3 is 0 Å². The predicted molar refractivity (Wildman–Crippen MR) is 94.6 cm³/mol. The fourth-order valence-corrected chi connectivity index (χ4v) is 2.40. The molecule has 2 aromatic rings. The van der Waals surface area contributed by atoms with E-state index in [2.05, 4.69) is 5.10 Å². The number of nitrogens with zero attached hydrogens (tertiary/aromatic N) is 3. The number of likely N-dealkylation sites (N-methyl/N-ethyl adjacent to an activating group) is 1. The molecule has 0 saturated carbocycles. The number of carbonyl (C=O) groups excluding carboxylic acids is 1. The third-order valence-electron chi connectivity index (χ3n) is 3.36. The average Bonchev–Trinajstić information content (AvgIpc) is 2.95. The Morgan fingerprint density at radius 2 is 2.00 bits per heavy atom. The summed E-state index contributed by atoms with van der Waals surface area (Å²) in [6, 6.07) is 9.64. The minimum absolute atomic E-state index is 0.200. The Kier molecular flexibility index (Phi) is 5.62. The molecule has 1 aromatic heterocycles. The van der Waals surface area contributed by atoms with E-state index in [-0.39, 0.29) is 5.91 Å². The smallest absolute Gasteiger partial charge is 0.278 e. The van der Waals surface area contributed by atoms with E-state index in [4.69, 9.17) is 10.5 Å². The highest BCUT2D eigenvalue weighted by Crippen LogP contribution is 2.22. The first-order valence-electron chi connectivity index (χ1n) is 8.14. The van der Waals surface area contributed by atoms with Gasteiger partial charge in [-0.3, -0.25) is 4.79 Å². The number of ether oxygens (including phenoxy) is 1. The van der Waals surface area contributed by atoms with Crippen LogP contribution in [0.2, 0.25) is 0 Å². The lowest BCUT2D eigenvalue weighted by atomic mass is 10.1. The molecular weight excluding hydrogens is 304 g/mol. The molecule has 0 aliphatic carbocycles. The van der Waals surface area contributed by atoms with Crippen LogP contribution in [0.15, 0.2) is 36.5 Å². The normalized spacial score (nSPS) is 11.4. The summed E-state index contributed by atoms with van der Waals surface area (Å²) in [5.41, 5.74) is 6.72. The zero-order chi connectivity index (χ0) is 17.7. The van der Waals surface area contributed by atoms with E-state index >= 15 is 0 Å². The molecule has 0 aliphatic heterocycles. The molecule has 2 N–H and O–H groups in total. The number of hydrogen-bond donors (Lipinski definition) is 1. The van der Waals surface area contributed by atoms with E-state index in [0.29, 0.717) is 24.6 Å². The lowest BCUT2D eigenvalue weighted by molar-refractivity contribution is 0.0759. The maximum absolute atomic E-state index is 12.8. The van der Waals surface area contributed by atoms with Crippen LogP contribution in [-0.4, -0.2) is 46.3 Å². The minimum atomic E-state index is -0.475. The Labute approximate surface area is 143 Å². The molecule has 0 bridgehead atoms. The first kappa shape index (κ1) is 18.0. The number of hydrogen-bond acceptors (Lipinski definition) is 4. The number of amides is 1. The van der Waals surface area contributed by atoms with Crippen LogP contribution < -0.4 is 10.5 Å². The van der Waals surface area contributed by atoms with E-state index < -0.39 is 5.54 Å². The highest BCUT2D eigenvalue weighted by atomic mass is 16.5. The second kappa shape index (κ2) is 7.49. The van der Waals surface area contributed by atoms with Gasteiger partial charge in [-0.1, -0.05) is 25.1 Å². The van der Waals surface area contributed by atoms with Crippen molar-refractivity contribution in [3.8, 4) is 11.4 Å². The molecule has 1 aromatic carbocycles. The topological polar surface area (TPSA) is 73.4 Å². The van der Waals surface area contributed by atoms with Crippen molar-refractivity contribution in [3.05, 3.63) is 42.2 Å². The van der Waals surface area contributed by atoms with Crippen molar-refractivity contribution in [3.63, 3.8) is 0 Å². The highest BCUT2D eigenvalue weighted by molar-refractivity contribution is 5.94. The van der Waals surface area contributed by atoms with E-state index in [0.717, 1.165) is 12.1 Å². The van der Waals surface area contributed by atoms with Crippen LogP contribution in [-0.2, 0) is 0 Å². The molecule has 0 saturated heterocycles. The first-order chi connectivity index (χ1) is 11.3. The van der Waals surface area contributed by atoms with Crippen molar-refractivity contribution in [2.75, 3.05) is 20.2 Å². The van der Waals surface area contributed by atoms with Gasteiger partial charge in [0, 0.05) is 19.1 Å². The van der Waals surface area contributed by atoms with Crippen LogP contribution in [0.25, 0.3) is 5.69 Å². The third kappa shape index (κ3) is 4.58. The van der Waals surface area contributed by atoms with E-state index in [1.165, 1.54) is 0 Å². The first-order valence-corrected chi connectivity index (χ1v) is 8.14. The van der Waals surface area contributed by atoms with Crippen molar-refractivity contribution < 1.29 is 9.53 Å². The lowest BCUT2D eigenvalue weighted by Gasteiger charge is -2.26. The maximum Gasteiger partial charge on any atom is 0.278 e. The van der Waals surface area contributed by atoms with Crippen LogP contribution in [0.4, 0.5) is 0 Å². The molecule has 1 amide bonds. The summed E-state index contributed by atoms with van der Waals surface area (Å²) < 4.78 is 7.39. The van der Waals surface area contributed by atoms with E-state index in [9.17, 15) is 4.79 Å². The maximum atomic E-state index is 12.8. The lowest BCUT2D eigenvalue weighted by Crippen LogP contribution is -2.46. The van der Waals surface area contributed by atoms with Crippen LogP contribution in [0.3, 0.4) is 0 Å². The van der Waals surface area contributed by atoms with Crippen molar-refractivity contribution in [1.29, 1.82) is 0 Å². The summed E-state index contributed by atoms with van der Waals surface area (Å²) in [4.78, 5) is 14.3. The Hall–Kier alpha value is -2.34. The minimum Gasteiger partial charge on any atom is -0.489 e. The molecule has 0 spiro atoms. The largest absolute Gasteiger partial charge is 0.489 e. The molecular formula is C18H26N4O2. The Morgan fingerprint density at radius 1 is 1.33 bits per heavy atom. The third-order valence-corrected chi connectivity index (χ3v) is 3.36. The number of benzene rings is 1. The van der Waals surface area contributed by atoms with Crippen LogP contribution >= 0.6 is 0 Å². The summed E-state index contributed by atoms with van der Waals surface area (Å²) in [6.07, 6.45) is 2.61. The summed E-state index contributed by atoms with van der Waals surface area (Å²) in [7, 11) is 1.72. The zero-order valence-electron chi connectivity index (χ0n) is 14.8. The van der Waals surface area contributed by atoms with E-state index in [1.807, 2.05) is 51.1 Å². The average molecular weight is 330 g/mol. The number of carbonyl (C=O) groups is 1. The number of rotatable bonds is 7. The summed E-state index contributed by atoms with van der Waals surface area (Å²) in [5.74, 6) is 0.293. The Morgan fingerprint density at radius 3 is 2.58 bits per heavy atom. The van der Waals surface area contributed by atoms with Crippen molar-refractivity contribution in [2.24, 2.45) is 5.73 Å². The number of nitrogens with two attached hydrogens (primary N) is 1. The van der Waals surface area contributed by atoms with Gasteiger partial charge in [-0.15, -0.1) is 0 Å². The van der Waals surface area contributed by atoms with Crippen molar-refractivity contribution in [2.45, 2.75) is 32.7 Å². The number of aromatic nitrogens is 2. The quantitative estimate of drug-likeness (QED) is 0.846. The SMILES string of the molecule is CCCOc1cn(-c2ccccc2)nc1C(=O)N(C)CC(C)(C)N. The Bertz CT molecular complexity index is 674. The van der Waals surface area contributed by atoms with Crippen LogP contribution in [0.5, 0.6) is 5.75 Å². The van der Waals surface area contributed by atoms with Gasteiger partial charge in [0.1, 0.15) is 0 Å². The van der Waals surface area contributed by atoms with Gasteiger partial charge in [-0.25, -0.2) is 4.68 Å².